The van der Waals surface area contributed by atoms with E-state index in [4.69, 9.17) is 4.74 Å². The first-order chi connectivity index (χ1) is 7.43. The molecule has 86 valence electrons. The topological polar surface area (TPSA) is 66.8 Å². The first-order valence-corrected chi connectivity index (χ1v) is 6.14. The number of hydrogen-bond donors (Lipinski definition) is 2. The molecule has 4 nitrogen and oxygen atoms in total. The van der Waals surface area contributed by atoms with Crippen LogP contribution < -0.4 is 0 Å². The van der Waals surface area contributed by atoms with Crippen LogP contribution in [0.25, 0.3) is 0 Å². The molecule has 0 saturated carbocycles. The lowest BCUT2D eigenvalue weighted by atomic mass is 9.98. The predicted octanol–water partition coefficient (Wildman–Crippen LogP) is 2.72. The minimum Gasteiger partial charge on any atom is -0.506 e. The number of ether oxygens (including phenoxy) is 1. The Morgan fingerprint density at radius 2 is 1.88 bits per heavy atom. The van der Waals surface area contributed by atoms with Crippen molar-refractivity contribution in [3.63, 3.8) is 0 Å². The maximum atomic E-state index is 11.6. The van der Waals surface area contributed by atoms with Crippen molar-refractivity contribution in [3.8, 4) is 11.5 Å². The Balaban J connectivity index is 2.76. The van der Waals surface area contributed by atoms with E-state index in [1.165, 1.54) is 0 Å². The molecule has 1 aliphatic rings. The van der Waals surface area contributed by atoms with Gasteiger partial charge in [0, 0.05) is 6.42 Å². The molecule has 0 amide bonds. The van der Waals surface area contributed by atoms with Crippen molar-refractivity contribution in [3.05, 3.63) is 20.1 Å². The van der Waals surface area contributed by atoms with Gasteiger partial charge in [-0.3, -0.25) is 0 Å². The minimum atomic E-state index is -0.576. The van der Waals surface area contributed by atoms with Crippen LogP contribution in [0.1, 0.15) is 22.8 Å². The van der Waals surface area contributed by atoms with Gasteiger partial charge in [0.05, 0.1) is 4.47 Å². The third kappa shape index (κ3) is 1.60. The van der Waals surface area contributed by atoms with Gasteiger partial charge in [-0.1, -0.05) is 0 Å². The molecule has 1 atom stereocenters. The zero-order chi connectivity index (χ0) is 12.0. The molecule has 1 aliphatic heterocycles. The average Bonchev–Trinajstić information content (AvgIpc) is 2.22. The lowest BCUT2D eigenvalue weighted by Gasteiger charge is -2.24. The highest BCUT2D eigenvalue weighted by atomic mass is 79.9. The molecule has 0 fully saturated rings. The van der Waals surface area contributed by atoms with E-state index in [0.29, 0.717) is 16.5 Å². The van der Waals surface area contributed by atoms with Crippen molar-refractivity contribution < 1.29 is 19.7 Å². The molecular weight excluding hydrogens is 344 g/mol. The molecule has 0 saturated heterocycles. The molecule has 0 aliphatic carbocycles. The molecule has 0 spiro atoms. The van der Waals surface area contributed by atoms with Gasteiger partial charge in [0.25, 0.3) is 0 Å². The van der Waals surface area contributed by atoms with Crippen molar-refractivity contribution in [2.24, 2.45) is 0 Å². The highest BCUT2D eigenvalue weighted by molar-refractivity contribution is 9.11. The Hall–Kier alpha value is -0.750. The summed E-state index contributed by atoms with van der Waals surface area (Å²) in [5, 5.41) is 19.5. The summed E-state index contributed by atoms with van der Waals surface area (Å²) in [5.41, 5.74) is 0.677. The molecule has 2 rings (SSSR count). The summed E-state index contributed by atoms with van der Waals surface area (Å²) in [6.07, 6.45) is 0.187. The second-order valence-electron chi connectivity index (χ2n) is 3.60. The Morgan fingerprint density at radius 1 is 1.25 bits per heavy atom. The molecule has 0 bridgehead atoms. The molecule has 16 heavy (non-hydrogen) atoms. The Labute approximate surface area is 108 Å². The van der Waals surface area contributed by atoms with Crippen LogP contribution in [0.4, 0.5) is 0 Å². The summed E-state index contributed by atoms with van der Waals surface area (Å²) in [7, 11) is 0. The van der Waals surface area contributed by atoms with Crippen LogP contribution in [0.3, 0.4) is 0 Å². The zero-order valence-electron chi connectivity index (χ0n) is 8.25. The summed E-state index contributed by atoms with van der Waals surface area (Å²) in [5.74, 6) is -0.974. The molecule has 0 aromatic heterocycles. The smallest absolute Gasteiger partial charge is 0.342 e. The van der Waals surface area contributed by atoms with Crippen LogP contribution in [0.2, 0.25) is 0 Å². The van der Waals surface area contributed by atoms with Crippen LogP contribution in [0.15, 0.2) is 8.95 Å². The highest BCUT2D eigenvalue weighted by Crippen LogP contribution is 2.46. The number of carbonyl (C=O) groups excluding carboxylic acids is 1. The maximum Gasteiger partial charge on any atom is 0.342 e. The molecule has 1 unspecified atom stereocenters. The fraction of sp³-hybridized carbons (Fsp3) is 0.300. The summed E-state index contributed by atoms with van der Waals surface area (Å²) >= 11 is 6.22. The van der Waals surface area contributed by atoms with E-state index in [-0.39, 0.29) is 27.6 Å². The normalized spacial score (nSPS) is 19.2. The predicted molar refractivity (Wildman–Crippen MR) is 63.8 cm³/mol. The van der Waals surface area contributed by atoms with Crippen molar-refractivity contribution in [2.75, 3.05) is 0 Å². The lowest BCUT2D eigenvalue weighted by molar-refractivity contribution is 0.0296. The lowest BCUT2D eigenvalue weighted by Crippen LogP contribution is -2.25. The number of phenolic OH excluding ortho intramolecular Hbond substituents is 2. The first kappa shape index (κ1) is 11.7. The van der Waals surface area contributed by atoms with Crippen molar-refractivity contribution in [1.82, 2.24) is 0 Å². The van der Waals surface area contributed by atoms with E-state index in [1.807, 2.05) is 0 Å². The van der Waals surface area contributed by atoms with Gasteiger partial charge in [0.15, 0.2) is 0 Å². The molecule has 2 N–H and O–H groups in total. The minimum absolute atomic E-state index is 0.0876. The van der Waals surface area contributed by atoms with Gasteiger partial charge in [-0.2, -0.15) is 0 Å². The van der Waals surface area contributed by atoms with Gasteiger partial charge in [0.2, 0.25) is 0 Å². The van der Waals surface area contributed by atoms with Crippen molar-refractivity contribution in [2.45, 2.75) is 19.4 Å². The molecule has 1 aromatic carbocycles. The molecule has 1 aromatic rings. The number of carbonyl (C=O) groups is 1. The fourth-order valence-corrected chi connectivity index (χ4v) is 2.92. The average molecular weight is 352 g/mol. The van der Waals surface area contributed by atoms with E-state index in [0.717, 1.165) is 0 Å². The number of halogens is 2. The summed E-state index contributed by atoms with van der Waals surface area (Å²) in [4.78, 5) is 11.6. The van der Waals surface area contributed by atoms with Gasteiger partial charge in [-0.25, -0.2) is 4.79 Å². The number of phenols is 2. The first-order valence-electron chi connectivity index (χ1n) is 4.56. The monoisotopic (exact) mass is 350 g/mol. The molecular formula is C10H8Br2O4. The molecule has 6 heteroatoms. The number of rotatable bonds is 0. The number of esters is 1. The quantitative estimate of drug-likeness (QED) is 0.705. The number of benzene rings is 1. The van der Waals surface area contributed by atoms with Gasteiger partial charge in [-0.15, -0.1) is 0 Å². The second-order valence-corrected chi connectivity index (χ2v) is 5.18. The number of cyclic esters (lactones) is 1. The van der Waals surface area contributed by atoms with E-state index >= 15 is 0 Å². The van der Waals surface area contributed by atoms with Gasteiger partial charge < -0.3 is 14.9 Å². The summed E-state index contributed by atoms with van der Waals surface area (Å²) < 4.78 is 5.52. The SMILES string of the molecule is CC1Cc2c(Br)c(O)c(Br)c(O)c2C(=O)O1. The van der Waals surface area contributed by atoms with Gasteiger partial charge in [-0.05, 0) is 44.3 Å². The van der Waals surface area contributed by atoms with E-state index < -0.39 is 5.97 Å². The standard InChI is InChI=1S/C10H8Br2O4/c1-3-2-4-5(10(15)16-3)8(13)7(12)9(14)6(4)11/h3,13-14H,2H2,1H3. The number of fused-ring (bicyclic) bond motifs is 1. The molecule has 1 heterocycles. The van der Waals surface area contributed by atoms with Crippen LogP contribution in [-0.2, 0) is 11.2 Å². The van der Waals surface area contributed by atoms with Crippen molar-refractivity contribution >= 4 is 37.8 Å². The van der Waals surface area contributed by atoms with Crippen molar-refractivity contribution in [1.29, 1.82) is 0 Å². The zero-order valence-corrected chi connectivity index (χ0v) is 11.4. The fourth-order valence-electron chi connectivity index (χ4n) is 1.70. The number of aromatic hydroxyl groups is 2. The highest BCUT2D eigenvalue weighted by Gasteiger charge is 2.32. The Kier molecular flexibility index (Phi) is 2.88. The van der Waals surface area contributed by atoms with Gasteiger partial charge >= 0.3 is 5.97 Å². The summed E-state index contributed by atoms with van der Waals surface area (Å²) in [6, 6.07) is 0. The third-order valence-corrected chi connectivity index (χ3v) is 4.04. The largest absolute Gasteiger partial charge is 0.506 e. The van der Waals surface area contributed by atoms with E-state index in [1.54, 1.807) is 6.92 Å². The van der Waals surface area contributed by atoms with Gasteiger partial charge in [0.1, 0.15) is 27.6 Å². The molecule has 0 radical (unpaired) electrons. The van der Waals surface area contributed by atoms with E-state index in [9.17, 15) is 15.0 Å². The maximum absolute atomic E-state index is 11.6. The Morgan fingerprint density at radius 3 is 2.50 bits per heavy atom. The van der Waals surface area contributed by atoms with Crippen LogP contribution in [0.5, 0.6) is 11.5 Å². The van der Waals surface area contributed by atoms with E-state index in [2.05, 4.69) is 31.9 Å². The Bertz CT molecular complexity index is 484. The second kappa shape index (κ2) is 3.92. The van der Waals surface area contributed by atoms with Crippen LogP contribution in [0, 0.1) is 0 Å². The van der Waals surface area contributed by atoms with Crippen LogP contribution in [-0.4, -0.2) is 22.3 Å². The van der Waals surface area contributed by atoms with Crippen LogP contribution >= 0.6 is 31.9 Å². The summed E-state index contributed by atoms with van der Waals surface area (Å²) in [6.45, 7) is 1.75. The number of hydrogen-bond acceptors (Lipinski definition) is 4. The third-order valence-electron chi connectivity index (χ3n) is 2.43.